The van der Waals surface area contributed by atoms with Crippen LogP contribution < -0.4 is 16.6 Å². The number of nitrogens with two attached hydrogens (primary N) is 1. The van der Waals surface area contributed by atoms with Crippen molar-refractivity contribution in [1.82, 2.24) is 15.6 Å². The van der Waals surface area contributed by atoms with Crippen LogP contribution in [0.1, 0.15) is 23.0 Å². The van der Waals surface area contributed by atoms with Crippen LogP contribution in [0.4, 0.5) is 0 Å². The first-order chi connectivity index (χ1) is 8.63. The van der Waals surface area contributed by atoms with E-state index >= 15 is 0 Å². The molecule has 1 aromatic rings. The quantitative estimate of drug-likeness (QED) is 0.371. The van der Waals surface area contributed by atoms with Crippen molar-refractivity contribution in [3.05, 3.63) is 23.7 Å². The highest BCUT2D eigenvalue weighted by molar-refractivity contribution is 5.92. The van der Waals surface area contributed by atoms with Crippen LogP contribution in [0, 0.1) is 0 Å². The molecule has 2 amide bonds. The van der Waals surface area contributed by atoms with E-state index in [4.69, 9.17) is 10.3 Å². The molecule has 2 rings (SSSR count). The Kier molecular flexibility index (Phi) is 3.63. The van der Waals surface area contributed by atoms with Crippen LogP contribution in [0.5, 0.6) is 0 Å². The zero-order chi connectivity index (χ0) is 13.1. The molecule has 1 aromatic heterocycles. The van der Waals surface area contributed by atoms with Crippen LogP contribution in [0.2, 0.25) is 0 Å². The zero-order valence-electron chi connectivity index (χ0n) is 10.1. The first-order valence-corrected chi connectivity index (χ1v) is 5.72. The molecule has 0 spiro atoms. The Morgan fingerprint density at radius 1 is 1.72 bits per heavy atom. The molecule has 0 bridgehead atoms. The summed E-state index contributed by atoms with van der Waals surface area (Å²) >= 11 is 0. The van der Waals surface area contributed by atoms with E-state index in [0.717, 1.165) is 12.1 Å². The number of piperazine rings is 1. The SMILES string of the molecule is CC1C(=O)NCCN1Cc1ccoc1C(=O)NN. The van der Waals surface area contributed by atoms with Crippen molar-refractivity contribution in [1.29, 1.82) is 0 Å². The van der Waals surface area contributed by atoms with Crippen molar-refractivity contribution < 1.29 is 14.0 Å². The number of hydrogen-bond donors (Lipinski definition) is 3. The third-order valence-electron chi connectivity index (χ3n) is 3.08. The Labute approximate surface area is 104 Å². The maximum absolute atomic E-state index is 11.5. The van der Waals surface area contributed by atoms with E-state index in [1.165, 1.54) is 6.26 Å². The van der Waals surface area contributed by atoms with Gasteiger partial charge < -0.3 is 9.73 Å². The second kappa shape index (κ2) is 5.19. The first kappa shape index (κ1) is 12.6. The van der Waals surface area contributed by atoms with Crippen molar-refractivity contribution in [2.45, 2.75) is 19.5 Å². The van der Waals surface area contributed by atoms with Gasteiger partial charge in [0.1, 0.15) is 0 Å². The van der Waals surface area contributed by atoms with Crippen LogP contribution in [-0.2, 0) is 11.3 Å². The predicted molar refractivity (Wildman–Crippen MR) is 63.2 cm³/mol. The van der Waals surface area contributed by atoms with E-state index in [1.54, 1.807) is 6.07 Å². The smallest absolute Gasteiger partial charge is 0.301 e. The van der Waals surface area contributed by atoms with Crippen molar-refractivity contribution in [2.75, 3.05) is 13.1 Å². The summed E-state index contributed by atoms with van der Waals surface area (Å²) in [7, 11) is 0. The highest BCUT2D eigenvalue weighted by atomic mass is 16.3. The molecule has 1 fully saturated rings. The number of rotatable bonds is 3. The fourth-order valence-electron chi connectivity index (χ4n) is 1.99. The lowest BCUT2D eigenvalue weighted by atomic mass is 10.1. The average molecular weight is 252 g/mol. The van der Waals surface area contributed by atoms with Gasteiger partial charge >= 0.3 is 5.91 Å². The Bertz CT molecular complexity index is 457. The summed E-state index contributed by atoms with van der Waals surface area (Å²) < 4.78 is 5.10. The summed E-state index contributed by atoms with van der Waals surface area (Å²) in [6.45, 7) is 3.66. The molecule has 18 heavy (non-hydrogen) atoms. The van der Waals surface area contributed by atoms with Gasteiger partial charge in [0.2, 0.25) is 5.91 Å². The third kappa shape index (κ3) is 2.36. The number of hydrogen-bond acceptors (Lipinski definition) is 5. The largest absolute Gasteiger partial charge is 0.459 e. The molecule has 98 valence electrons. The predicted octanol–water partition coefficient (Wildman–Crippen LogP) is -0.797. The Balaban J connectivity index is 2.11. The molecule has 0 radical (unpaired) electrons. The summed E-state index contributed by atoms with van der Waals surface area (Å²) in [5.74, 6) is 4.79. The lowest BCUT2D eigenvalue weighted by Crippen LogP contribution is -2.53. The zero-order valence-corrected chi connectivity index (χ0v) is 10.1. The van der Waals surface area contributed by atoms with Gasteiger partial charge in [-0.25, -0.2) is 5.84 Å². The second-order valence-electron chi connectivity index (χ2n) is 4.19. The number of furan rings is 1. The van der Waals surface area contributed by atoms with Crippen molar-refractivity contribution in [3.8, 4) is 0 Å². The highest BCUT2D eigenvalue weighted by Gasteiger charge is 2.27. The van der Waals surface area contributed by atoms with Crippen molar-refractivity contribution in [3.63, 3.8) is 0 Å². The molecule has 1 atom stereocenters. The second-order valence-corrected chi connectivity index (χ2v) is 4.19. The number of carbonyl (C=O) groups excluding carboxylic acids is 2. The van der Waals surface area contributed by atoms with Gasteiger partial charge in [-0.2, -0.15) is 0 Å². The van der Waals surface area contributed by atoms with Crippen LogP contribution in [0.3, 0.4) is 0 Å². The van der Waals surface area contributed by atoms with E-state index < -0.39 is 5.91 Å². The Morgan fingerprint density at radius 3 is 3.22 bits per heavy atom. The van der Waals surface area contributed by atoms with E-state index in [-0.39, 0.29) is 17.7 Å². The summed E-state index contributed by atoms with van der Waals surface area (Å²) in [5, 5.41) is 2.79. The van der Waals surface area contributed by atoms with Crippen LogP contribution >= 0.6 is 0 Å². The van der Waals surface area contributed by atoms with E-state index in [2.05, 4.69) is 5.32 Å². The molecule has 1 saturated heterocycles. The molecule has 2 heterocycles. The number of nitrogen functional groups attached to an aromatic ring is 1. The van der Waals surface area contributed by atoms with E-state index in [1.807, 2.05) is 17.2 Å². The molecule has 0 aliphatic carbocycles. The number of nitrogens with one attached hydrogen (secondary N) is 2. The van der Waals surface area contributed by atoms with Crippen LogP contribution in [0.15, 0.2) is 16.7 Å². The molecule has 7 nitrogen and oxygen atoms in total. The summed E-state index contributed by atoms with van der Waals surface area (Å²) in [6, 6.07) is 1.49. The normalized spacial score (nSPS) is 20.6. The molecular weight excluding hydrogens is 236 g/mol. The van der Waals surface area contributed by atoms with Gasteiger partial charge in [-0.3, -0.25) is 19.9 Å². The molecule has 0 saturated carbocycles. The Hall–Kier alpha value is -1.86. The fourth-order valence-corrected chi connectivity index (χ4v) is 1.99. The van der Waals surface area contributed by atoms with Gasteiger partial charge in [0, 0.05) is 25.2 Å². The maximum Gasteiger partial charge on any atom is 0.301 e. The Morgan fingerprint density at radius 2 is 2.50 bits per heavy atom. The van der Waals surface area contributed by atoms with Crippen LogP contribution in [-0.4, -0.2) is 35.8 Å². The molecule has 1 unspecified atom stereocenters. The summed E-state index contributed by atoms with van der Waals surface area (Å²) in [4.78, 5) is 25.0. The number of amides is 2. The summed E-state index contributed by atoms with van der Waals surface area (Å²) in [6.07, 6.45) is 1.44. The first-order valence-electron chi connectivity index (χ1n) is 5.72. The van der Waals surface area contributed by atoms with Gasteiger partial charge in [-0.1, -0.05) is 0 Å². The van der Waals surface area contributed by atoms with Crippen molar-refractivity contribution >= 4 is 11.8 Å². The molecule has 1 aliphatic rings. The minimum atomic E-state index is -0.468. The minimum Gasteiger partial charge on any atom is -0.459 e. The number of carbonyl (C=O) groups is 2. The minimum absolute atomic E-state index is 0.00503. The third-order valence-corrected chi connectivity index (χ3v) is 3.08. The lowest BCUT2D eigenvalue weighted by Gasteiger charge is -2.32. The molecule has 1 aliphatic heterocycles. The standard InChI is InChI=1S/C11H16N4O3/c1-7-10(16)13-3-4-15(7)6-8-2-5-18-9(8)11(17)14-12/h2,5,7H,3-4,6,12H2,1H3,(H,13,16)(H,14,17). The summed E-state index contributed by atoms with van der Waals surface area (Å²) in [5.41, 5.74) is 2.76. The van der Waals surface area contributed by atoms with Crippen molar-refractivity contribution in [2.24, 2.45) is 5.84 Å². The van der Waals surface area contributed by atoms with E-state index in [9.17, 15) is 9.59 Å². The van der Waals surface area contributed by atoms with Gasteiger partial charge in [-0.05, 0) is 13.0 Å². The topological polar surface area (TPSA) is 101 Å². The maximum atomic E-state index is 11.5. The molecular formula is C11H16N4O3. The monoisotopic (exact) mass is 252 g/mol. The molecule has 4 N–H and O–H groups in total. The number of hydrazine groups is 1. The number of nitrogens with zero attached hydrogens (tertiary/aromatic N) is 1. The van der Waals surface area contributed by atoms with E-state index in [0.29, 0.717) is 13.1 Å². The van der Waals surface area contributed by atoms with Gasteiger partial charge in [-0.15, -0.1) is 0 Å². The van der Waals surface area contributed by atoms with Crippen LogP contribution in [0.25, 0.3) is 0 Å². The fraction of sp³-hybridized carbons (Fsp3) is 0.455. The lowest BCUT2D eigenvalue weighted by molar-refractivity contribution is -0.128. The highest BCUT2D eigenvalue weighted by Crippen LogP contribution is 2.16. The molecule has 0 aromatic carbocycles. The van der Waals surface area contributed by atoms with Gasteiger partial charge in [0.05, 0.1) is 12.3 Å². The average Bonchev–Trinajstić information content (AvgIpc) is 2.82. The van der Waals surface area contributed by atoms with Gasteiger partial charge in [0.15, 0.2) is 5.76 Å². The molecule has 7 heteroatoms. The van der Waals surface area contributed by atoms with Gasteiger partial charge in [0.25, 0.3) is 0 Å².